The molecule has 0 fully saturated rings. The van der Waals surface area contributed by atoms with Crippen LogP contribution < -0.4 is 5.32 Å². The van der Waals surface area contributed by atoms with Crippen LogP contribution in [0.3, 0.4) is 0 Å². The number of nitrogens with one attached hydrogen (secondary N) is 1. The number of halogens is 2. The Bertz CT molecular complexity index is 1270. The Morgan fingerprint density at radius 3 is 1.76 bits per heavy atom. The van der Waals surface area contributed by atoms with E-state index in [1.807, 2.05) is 0 Å². The number of anilines is 2. The molecule has 0 heterocycles. The number of nitrogens with zero attached hydrogens (tertiary/aromatic N) is 4. The molecule has 0 saturated heterocycles. The molecular formula is C18H9F2N5O8S. The summed E-state index contributed by atoms with van der Waals surface area (Å²) in [5, 5.41) is 46.8. The fourth-order valence-electron chi connectivity index (χ4n) is 2.76. The molecule has 0 atom stereocenters. The van der Waals surface area contributed by atoms with Gasteiger partial charge in [0.1, 0.15) is 5.69 Å². The van der Waals surface area contributed by atoms with E-state index in [9.17, 15) is 49.2 Å². The van der Waals surface area contributed by atoms with Gasteiger partial charge in [-0.15, -0.1) is 0 Å². The predicted molar refractivity (Wildman–Crippen MR) is 113 cm³/mol. The molecule has 3 rings (SSSR count). The first-order valence-corrected chi connectivity index (χ1v) is 9.59. The van der Waals surface area contributed by atoms with Gasteiger partial charge in [-0.05, 0) is 18.2 Å². The average molecular weight is 493 g/mol. The van der Waals surface area contributed by atoms with Crippen molar-refractivity contribution in [3.63, 3.8) is 0 Å². The molecule has 13 nitrogen and oxygen atoms in total. The second-order valence-corrected chi connectivity index (χ2v) is 7.49. The standard InChI is InChI=1S/C18H9F2N5O8S/c19-11-5-13(16(24(30)31)7-14(11)22(26)27)21-9-2-1-3-10(4-9)34-18-6-12(20)15(23(28)29)8-17(18)25(32)33/h1-8,21H. The summed E-state index contributed by atoms with van der Waals surface area (Å²) in [5.74, 6) is -2.61. The van der Waals surface area contributed by atoms with Crippen molar-refractivity contribution in [1.82, 2.24) is 0 Å². The molecule has 0 saturated carbocycles. The molecule has 0 bridgehead atoms. The molecule has 3 aromatic carbocycles. The summed E-state index contributed by atoms with van der Waals surface area (Å²) in [6.07, 6.45) is 0. The van der Waals surface area contributed by atoms with E-state index < -0.39 is 59.8 Å². The molecule has 3 aromatic rings. The van der Waals surface area contributed by atoms with E-state index >= 15 is 0 Å². The molecule has 0 amide bonds. The topological polar surface area (TPSA) is 185 Å². The number of hydrogen-bond acceptors (Lipinski definition) is 10. The monoisotopic (exact) mass is 493 g/mol. The molecule has 34 heavy (non-hydrogen) atoms. The summed E-state index contributed by atoms with van der Waals surface area (Å²) in [4.78, 5) is 40.2. The van der Waals surface area contributed by atoms with Crippen LogP contribution in [0, 0.1) is 52.1 Å². The maximum absolute atomic E-state index is 14.0. The van der Waals surface area contributed by atoms with Crippen molar-refractivity contribution >= 4 is 45.9 Å². The Hall–Kier alpha value is -4.73. The normalized spacial score (nSPS) is 10.5. The Balaban J connectivity index is 1.97. The van der Waals surface area contributed by atoms with Gasteiger partial charge in [0.25, 0.3) is 11.4 Å². The lowest BCUT2D eigenvalue weighted by Gasteiger charge is -2.10. The summed E-state index contributed by atoms with van der Waals surface area (Å²) in [6, 6.07) is 7.76. The highest BCUT2D eigenvalue weighted by Gasteiger charge is 2.26. The molecule has 0 unspecified atom stereocenters. The van der Waals surface area contributed by atoms with E-state index in [4.69, 9.17) is 0 Å². The number of rotatable bonds is 8. The Morgan fingerprint density at radius 2 is 1.21 bits per heavy atom. The maximum Gasteiger partial charge on any atom is 0.311 e. The molecule has 0 aliphatic rings. The van der Waals surface area contributed by atoms with E-state index in [-0.39, 0.29) is 15.5 Å². The van der Waals surface area contributed by atoms with E-state index in [0.29, 0.717) is 36.0 Å². The molecule has 0 aliphatic heterocycles. The van der Waals surface area contributed by atoms with Crippen molar-refractivity contribution < 1.29 is 28.5 Å². The van der Waals surface area contributed by atoms with Crippen molar-refractivity contribution in [3.05, 3.63) is 101 Å². The van der Waals surface area contributed by atoms with Gasteiger partial charge in [-0.3, -0.25) is 40.5 Å². The summed E-state index contributed by atoms with van der Waals surface area (Å²) in [7, 11) is 0. The van der Waals surface area contributed by atoms with E-state index in [1.54, 1.807) is 0 Å². The zero-order chi connectivity index (χ0) is 25.2. The van der Waals surface area contributed by atoms with Crippen molar-refractivity contribution in [2.45, 2.75) is 9.79 Å². The number of benzene rings is 3. The molecule has 0 aromatic heterocycles. The zero-order valence-corrected chi connectivity index (χ0v) is 17.2. The fourth-order valence-corrected chi connectivity index (χ4v) is 3.75. The van der Waals surface area contributed by atoms with Crippen LogP contribution in [0.4, 0.5) is 42.9 Å². The predicted octanol–water partition coefficient (Wildman–Crippen LogP) is 5.49. The first-order valence-electron chi connectivity index (χ1n) is 8.77. The van der Waals surface area contributed by atoms with Crippen molar-refractivity contribution in [3.8, 4) is 0 Å². The van der Waals surface area contributed by atoms with E-state index in [1.165, 1.54) is 24.3 Å². The third-order valence-corrected chi connectivity index (χ3v) is 5.26. The lowest BCUT2D eigenvalue weighted by molar-refractivity contribution is -0.397. The van der Waals surface area contributed by atoms with Gasteiger partial charge in [0.15, 0.2) is 0 Å². The SMILES string of the molecule is O=[N+]([O-])c1cc([N+](=O)[O-])c(Nc2cccc(Sc3cc(F)c([N+](=O)[O-])cc3[N+](=O)[O-])c2)cc1F. The minimum absolute atomic E-state index is 0.131. The quantitative estimate of drug-likeness (QED) is 0.310. The average Bonchev–Trinajstić information content (AvgIpc) is 2.73. The van der Waals surface area contributed by atoms with Crippen LogP contribution in [0.1, 0.15) is 0 Å². The van der Waals surface area contributed by atoms with Gasteiger partial charge in [-0.1, -0.05) is 17.8 Å². The molecular weight excluding hydrogens is 484 g/mol. The Labute approximate surface area is 190 Å². The first-order chi connectivity index (χ1) is 16.0. The Kier molecular flexibility index (Phi) is 6.62. The van der Waals surface area contributed by atoms with Gasteiger partial charge in [0, 0.05) is 22.7 Å². The summed E-state index contributed by atoms with van der Waals surface area (Å²) < 4.78 is 28.0. The van der Waals surface area contributed by atoms with Gasteiger partial charge in [-0.25, -0.2) is 0 Å². The molecule has 0 radical (unpaired) electrons. The van der Waals surface area contributed by atoms with Crippen LogP contribution in [0.15, 0.2) is 58.3 Å². The highest BCUT2D eigenvalue weighted by molar-refractivity contribution is 7.99. The van der Waals surface area contributed by atoms with Gasteiger partial charge in [0.05, 0.1) is 36.7 Å². The highest BCUT2D eigenvalue weighted by Crippen LogP contribution is 2.40. The van der Waals surface area contributed by atoms with Crippen LogP contribution >= 0.6 is 11.8 Å². The molecule has 0 aliphatic carbocycles. The van der Waals surface area contributed by atoms with Crippen molar-refractivity contribution in [1.29, 1.82) is 0 Å². The van der Waals surface area contributed by atoms with Gasteiger partial charge >= 0.3 is 11.4 Å². The fraction of sp³-hybridized carbons (Fsp3) is 0. The lowest BCUT2D eigenvalue weighted by atomic mass is 10.2. The van der Waals surface area contributed by atoms with Crippen molar-refractivity contribution in [2.24, 2.45) is 0 Å². The highest BCUT2D eigenvalue weighted by atomic mass is 32.2. The van der Waals surface area contributed by atoms with E-state index in [0.717, 1.165) is 0 Å². The molecule has 1 N–H and O–H groups in total. The molecule has 0 spiro atoms. The first kappa shape index (κ1) is 23.9. The third kappa shape index (κ3) is 5.01. The van der Waals surface area contributed by atoms with Gasteiger partial charge < -0.3 is 5.32 Å². The second-order valence-electron chi connectivity index (χ2n) is 6.38. The van der Waals surface area contributed by atoms with Crippen LogP contribution in [0.25, 0.3) is 0 Å². The zero-order valence-electron chi connectivity index (χ0n) is 16.3. The Morgan fingerprint density at radius 1 is 0.676 bits per heavy atom. The smallest absolute Gasteiger partial charge is 0.311 e. The van der Waals surface area contributed by atoms with Crippen molar-refractivity contribution in [2.75, 3.05) is 5.32 Å². The number of nitro benzene ring substituents is 4. The maximum atomic E-state index is 14.0. The minimum Gasteiger partial charge on any atom is -0.350 e. The lowest BCUT2D eigenvalue weighted by Crippen LogP contribution is -2.01. The summed E-state index contributed by atoms with van der Waals surface area (Å²) in [6.45, 7) is 0. The van der Waals surface area contributed by atoms with Gasteiger partial charge in [-0.2, -0.15) is 8.78 Å². The number of hydrogen-bond donors (Lipinski definition) is 1. The van der Waals surface area contributed by atoms with Crippen LogP contribution in [-0.2, 0) is 0 Å². The number of nitro groups is 4. The third-order valence-electron chi connectivity index (χ3n) is 4.22. The molecule has 16 heteroatoms. The van der Waals surface area contributed by atoms with Crippen LogP contribution in [0.5, 0.6) is 0 Å². The second kappa shape index (κ2) is 9.41. The van der Waals surface area contributed by atoms with Crippen LogP contribution in [-0.4, -0.2) is 19.7 Å². The van der Waals surface area contributed by atoms with Crippen LogP contribution in [0.2, 0.25) is 0 Å². The largest absolute Gasteiger partial charge is 0.350 e. The minimum atomic E-state index is -1.32. The summed E-state index contributed by atoms with van der Waals surface area (Å²) >= 11 is 0.680. The van der Waals surface area contributed by atoms with Gasteiger partial charge in [0.2, 0.25) is 11.6 Å². The molecule has 174 valence electrons. The van der Waals surface area contributed by atoms with E-state index in [2.05, 4.69) is 5.32 Å². The summed E-state index contributed by atoms with van der Waals surface area (Å²) in [5.41, 5.74) is -3.93.